The van der Waals surface area contributed by atoms with E-state index < -0.39 is 4.92 Å². The molecule has 2 heterocycles. The number of rotatable bonds is 3. The van der Waals surface area contributed by atoms with E-state index in [2.05, 4.69) is 5.32 Å². The maximum Gasteiger partial charge on any atom is 0.269 e. The number of piperidine rings is 1. The third kappa shape index (κ3) is 3.05. The first-order valence-electron chi connectivity index (χ1n) is 7.38. The van der Waals surface area contributed by atoms with E-state index in [1.807, 2.05) is 4.90 Å². The number of nitrogens with zero attached hydrogens (tertiary/aromatic N) is 2. The number of amides is 1. The summed E-state index contributed by atoms with van der Waals surface area (Å²) in [6.45, 7) is 2.61. The van der Waals surface area contributed by atoms with Crippen molar-refractivity contribution in [2.24, 2.45) is 5.92 Å². The molecule has 2 aliphatic heterocycles. The van der Waals surface area contributed by atoms with Crippen molar-refractivity contribution < 1.29 is 9.72 Å². The molecule has 2 saturated heterocycles. The monoisotopic (exact) mass is 289 g/mol. The summed E-state index contributed by atoms with van der Waals surface area (Å²) in [6, 6.07) is 6.76. The van der Waals surface area contributed by atoms with E-state index >= 15 is 0 Å². The zero-order valence-electron chi connectivity index (χ0n) is 11.8. The molecular formula is C15H19N3O3. The van der Waals surface area contributed by atoms with Gasteiger partial charge in [-0.2, -0.15) is 0 Å². The molecule has 1 amide bonds. The lowest BCUT2D eigenvalue weighted by Gasteiger charge is -2.24. The maximum absolute atomic E-state index is 12.4. The predicted molar refractivity (Wildman–Crippen MR) is 77.9 cm³/mol. The average molecular weight is 289 g/mol. The van der Waals surface area contributed by atoms with Gasteiger partial charge < -0.3 is 10.2 Å². The molecule has 0 spiro atoms. The number of carbonyl (C=O) groups excluding carboxylic acids is 1. The van der Waals surface area contributed by atoms with Gasteiger partial charge in [0, 0.05) is 31.3 Å². The Morgan fingerprint density at radius 3 is 3.05 bits per heavy atom. The largest absolute Gasteiger partial charge is 0.341 e. The zero-order valence-corrected chi connectivity index (χ0v) is 11.8. The zero-order chi connectivity index (χ0) is 14.8. The summed E-state index contributed by atoms with van der Waals surface area (Å²) in [5.41, 5.74) is 0.745. The standard InChI is InChI=1S/C15H19N3O3/c19-15(8-11-3-1-5-13(7-11)18(20)21)17-9-12-4-2-6-16-14(12)10-17/h1,3,5,7,12,14,16H,2,4,6,8-10H2/t12-,14+/m0/s1. The lowest BCUT2D eigenvalue weighted by molar-refractivity contribution is -0.384. The van der Waals surface area contributed by atoms with Crippen LogP contribution >= 0.6 is 0 Å². The van der Waals surface area contributed by atoms with Gasteiger partial charge in [-0.1, -0.05) is 12.1 Å². The fourth-order valence-corrected chi connectivity index (χ4v) is 3.32. The second kappa shape index (κ2) is 5.81. The molecule has 6 nitrogen and oxygen atoms in total. The van der Waals surface area contributed by atoms with Gasteiger partial charge in [-0.05, 0) is 30.9 Å². The van der Waals surface area contributed by atoms with Crippen LogP contribution in [0.4, 0.5) is 5.69 Å². The number of benzene rings is 1. The van der Waals surface area contributed by atoms with Crippen molar-refractivity contribution in [1.29, 1.82) is 0 Å². The number of hydrogen-bond donors (Lipinski definition) is 1. The second-order valence-corrected chi connectivity index (χ2v) is 5.87. The Morgan fingerprint density at radius 1 is 1.43 bits per heavy atom. The van der Waals surface area contributed by atoms with Crippen molar-refractivity contribution in [3.63, 3.8) is 0 Å². The Balaban J connectivity index is 1.64. The van der Waals surface area contributed by atoms with Crippen LogP contribution in [-0.2, 0) is 11.2 Å². The van der Waals surface area contributed by atoms with Crippen molar-refractivity contribution in [2.45, 2.75) is 25.3 Å². The van der Waals surface area contributed by atoms with Crippen LogP contribution in [0.1, 0.15) is 18.4 Å². The van der Waals surface area contributed by atoms with Crippen LogP contribution in [0.25, 0.3) is 0 Å². The first kappa shape index (κ1) is 14.0. The molecule has 0 bridgehead atoms. The number of nitro groups is 1. The van der Waals surface area contributed by atoms with Gasteiger partial charge in [0.1, 0.15) is 0 Å². The molecule has 6 heteroatoms. The quantitative estimate of drug-likeness (QED) is 0.673. The minimum absolute atomic E-state index is 0.0389. The van der Waals surface area contributed by atoms with E-state index in [4.69, 9.17) is 0 Å². The fraction of sp³-hybridized carbons (Fsp3) is 0.533. The van der Waals surface area contributed by atoms with Crippen LogP contribution in [0.3, 0.4) is 0 Å². The minimum Gasteiger partial charge on any atom is -0.341 e. The van der Waals surface area contributed by atoms with Gasteiger partial charge in [-0.15, -0.1) is 0 Å². The number of likely N-dealkylation sites (tertiary alicyclic amines) is 1. The predicted octanol–water partition coefficient (Wildman–Crippen LogP) is 1.35. The molecule has 0 aromatic heterocycles. The average Bonchev–Trinajstić information content (AvgIpc) is 2.91. The Kier molecular flexibility index (Phi) is 3.88. The fourth-order valence-electron chi connectivity index (χ4n) is 3.32. The highest BCUT2D eigenvalue weighted by Gasteiger charge is 2.36. The molecule has 0 aliphatic carbocycles. The van der Waals surface area contributed by atoms with Crippen LogP contribution in [0.15, 0.2) is 24.3 Å². The van der Waals surface area contributed by atoms with Crippen LogP contribution in [0.2, 0.25) is 0 Å². The van der Waals surface area contributed by atoms with E-state index in [1.54, 1.807) is 12.1 Å². The van der Waals surface area contributed by atoms with Gasteiger partial charge in [-0.3, -0.25) is 14.9 Å². The highest BCUT2D eigenvalue weighted by Crippen LogP contribution is 2.25. The molecule has 21 heavy (non-hydrogen) atoms. The van der Waals surface area contributed by atoms with Gasteiger partial charge in [-0.25, -0.2) is 0 Å². The molecule has 2 aliphatic rings. The topological polar surface area (TPSA) is 75.5 Å². The summed E-state index contributed by atoms with van der Waals surface area (Å²) in [4.78, 5) is 24.6. The summed E-state index contributed by atoms with van der Waals surface area (Å²) >= 11 is 0. The Hall–Kier alpha value is -1.95. The second-order valence-electron chi connectivity index (χ2n) is 5.87. The van der Waals surface area contributed by atoms with Crippen LogP contribution < -0.4 is 5.32 Å². The molecule has 1 aromatic carbocycles. The third-order valence-electron chi connectivity index (χ3n) is 4.43. The summed E-state index contributed by atoms with van der Waals surface area (Å²) in [5, 5.41) is 14.2. The SMILES string of the molecule is O=C(Cc1cccc([N+](=O)[O-])c1)N1C[C@@H]2CCCN[C@@H]2C1. The van der Waals surface area contributed by atoms with E-state index in [0.29, 0.717) is 17.5 Å². The maximum atomic E-state index is 12.4. The first-order chi connectivity index (χ1) is 10.1. The van der Waals surface area contributed by atoms with Crippen molar-refractivity contribution in [3.05, 3.63) is 39.9 Å². The van der Waals surface area contributed by atoms with Crippen LogP contribution in [0.5, 0.6) is 0 Å². The van der Waals surface area contributed by atoms with Crippen LogP contribution in [-0.4, -0.2) is 41.4 Å². The van der Waals surface area contributed by atoms with Crippen molar-refractivity contribution in [2.75, 3.05) is 19.6 Å². The molecule has 3 rings (SSSR count). The molecule has 2 atom stereocenters. The normalized spacial score (nSPS) is 24.7. The molecule has 1 aromatic rings. The molecule has 112 valence electrons. The van der Waals surface area contributed by atoms with Gasteiger partial charge in [0.25, 0.3) is 5.69 Å². The van der Waals surface area contributed by atoms with Crippen LogP contribution in [0, 0.1) is 16.0 Å². The van der Waals surface area contributed by atoms with E-state index in [1.165, 1.54) is 25.0 Å². The lowest BCUT2D eigenvalue weighted by atomic mass is 9.94. The van der Waals surface area contributed by atoms with Gasteiger partial charge in [0.2, 0.25) is 5.91 Å². The molecule has 2 fully saturated rings. The molecule has 0 saturated carbocycles. The summed E-state index contributed by atoms with van der Waals surface area (Å²) in [5.74, 6) is 0.625. The smallest absolute Gasteiger partial charge is 0.269 e. The van der Waals surface area contributed by atoms with E-state index in [-0.39, 0.29) is 18.0 Å². The number of non-ortho nitro benzene ring substituents is 1. The van der Waals surface area contributed by atoms with Gasteiger partial charge >= 0.3 is 0 Å². The number of nitro benzene ring substituents is 1. The van der Waals surface area contributed by atoms with Gasteiger partial charge in [0.05, 0.1) is 11.3 Å². The molecule has 0 unspecified atom stereocenters. The highest BCUT2D eigenvalue weighted by molar-refractivity contribution is 5.79. The highest BCUT2D eigenvalue weighted by atomic mass is 16.6. The van der Waals surface area contributed by atoms with E-state index in [9.17, 15) is 14.9 Å². The summed E-state index contributed by atoms with van der Waals surface area (Å²) < 4.78 is 0. The summed E-state index contributed by atoms with van der Waals surface area (Å²) in [6.07, 6.45) is 2.59. The Labute approximate surface area is 123 Å². The molecule has 0 radical (unpaired) electrons. The lowest BCUT2D eigenvalue weighted by Crippen LogP contribution is -2.41. The van der Waals surface area contributed by atoms with E-state index in [0.717, 1.165) is 19.6 Å². The van der Waals surface area contributed by atoms with Crippen molar-refractivity contribution in [1.82, 2.24) is 10.2 Å². The molecule has 1 N–H and O–H groups in total. The number of nitrogens with one attached hydrogen (secondary N) is 1. The number of carbonyl (C=O) groups is 1. The first-order valence-corrected chi connectivity index (χ1v) is 7.38. The minimum atomic E-state index is -0.428. The van der Waals surface area contributed by atoms with Crippen molar-refractivity contribution >= 4 is 11.6 Å². The number of hydrogen-bond acceptors (Lipinski definition) is 4. The van der Waals surface area contributed by atoms with Crippen molar-refractivity contribution in [3.8, 4) is 0 Å². The summed E-state index contributed by atoms with van der Waals surface area (Å²) in [7, 11) is 0. The Bertz CT molecular complexity index is 547. The Morgan fingerprint density at radius 2 is 2.29 bits per heavy atom. The van der Waals surface area contributed by atoms with Gasteiger partial charge in [0.15, 0.2) is 0 Å². The molecular weight excluding hydrogens is 270 g/mol. The third-order valence-corrected chi connectivity index (χ3v) is 4.43. The number of fused-ring (bicyclic) bond motifs is 1.